The molecule has 0 nitrogen and oxygen atoms in total. The van der Waals surface area contributed by atoms with Crippen LogP contribution in [0.25, 0.3) is 0 Å². The standard InChI is InChI=1S/C32H42/c1-3-5-6-7-8-9-10-28-15-17-30(18-16-28)21-22-32-25-23-31(24-26-32)20-19-29-13-11-27(4-2)12-14-29/h7-8,15-18,23-27,29H,3-6,9-14,19-20H2,1-2H3/b8-7+. The van der Waals surface area contributed by atoms with E-state index < -0.39 is 0 Å². The van der Waals surface area contributed by atoms with Gasteiger partial charge in [0.1, 0.15) is 0 Å². The molecule has 0 unspecified atom stereocenters. The minimum atomic E-state index is 0.942. The van der Waals surface area contributed by atoms with Gasteiger partial charge in [-0.3, -0.25) is 0 Å². The number of allylic oxidation sites excluding steroid dienone is 2. The van der Waals surface area contributed by atoms with Gasteiger partial charge >= 0.3 is 0 Å². The fraction of sp³-hybridized carbons (Fsp3) is 0.500. The maximum Gasteiger partial charge on any atom is 0.0249 e. The van der Waals surface area contributed by atoms with Crippen molar-refractivity contribution < 1.29 is 0 Å². The van der Waals surface area contributed by atoms with Crippen molar-refractivity contribution in [2.75, 3.05) is 0 Å². The Kier molecular flexibility index (Phi) is 10.7. The maximum atomic E-state index is 3.34. The molecule has 0 aromatic heterocycles. The summed E-state index contributed by atoms with van der Waals surface area (Å²) in [5.41, 5.74) is 5.06. The Morgan fingerprint density at radius 3 is 1.78 bits per heavy atom. The first-order valence-electron chi connectivity index (χ1n) is 13.1. The lowest BCUT2D eigenvalue weighted by molar-refractivity contribution is 0.259. The van der Waals surface area contributed by atoms with Gasteiger partial charge in [-0.05, 0) is 79.3 Å². The van der Waals surface area contributed by atoms with Crippen LogP contribution in [-0.2, 0) is 12.8 Å². The second-order valence-electron chi connectivity index (χ2n) is 9.63. The van der Waals surface area contributed by atoms with Crippen molar-refractivity contribution in [3.63, 3.8) is 0 Å². The summed E-state index contributed by atoms with van der Waals surface area (Å²) in [5.74, 6) is 8.60. The molecule has 0 bridgehead atoms. The summed E-state index contributed by atoms with van der Waals surface area (Å²) in [6.07, 6.45) is 20.4. The number of hydrogen-bond donors (Lipinski definition) is 0. The van der Waals surface area contributed by atoms with E-state index in [1.165, 1.54) is 75.3 Å². The number of rotatable bonds is 10. The molecule has 1 aliphatic rings. The van der Waals surface area contributed by atoms with Crippen LogP contribution in [0.2, 0.25) is 0 Å². The highest BCUT2D eigenvalue weighted by molar-refractivity contribution is 5.44. The van der Waals surface area contributed by atoms with E-state index in [9.17, 15) is 0 Å². The van der Waals surface area contributed by atoms with Gasteiger partial charge in [0.2, 0.25) is 0 Å². The Balaban J connectivity index is 1.41. The van der Waals surface area contributed by atoms with E-state index in [0.717, 1.165) is 35.8 Å². The van der Waals surface area contributed by atoms with E-state index in [2.05, 4.69) is 86.4 Å². The van der Waals surface area contributed by atoms with Gasteiger partial charge in [0.25, 0.3) is 0 Å². The Hall–Kier alpha value is -2.26. The monoisotopic (exact) mass is 426 g/mol. The van der Waals surface area contributed by atoms with Crippen molar-refractivity contribution in [1.29, 1.82) is 0 Å². The van der Waals surface area contributed by atoms with Crippen molar-refractivity contribution in [2.24, 2.45) is 11.8 Å². The molecule has 170 valence electrons. The average Bonchev–Trinajstić information content (AvgIpc) is 2.85. The highest BCUT2D eigenvalue weighted by atomic mass is 14.2. The normalized spacial score (nSPS) is 18.4. The summed E-state index contributed by atoms with van der Waals surface area (Å²) in [6, 6.07) is 17.7. The number of benzene rings is 2. The molecule has 0 atom stereocenters. The zero-order chi connectivity index (χ0) is 22.4. The van der Waals surface area contributed by atoms with Crippen LogP contribution in [0.1, 0.15) is 100 Å². The molecule has 1 saturated carbocycles. The molecule has 32 heavy (non-hydrogen) atoms. The quantitative estimate of drug-likeness (QED) is 0.202. The predicted molar refractivity (Wildman–Crippen MR) is 140 cm³/mol. The Morgan fingerprint density at radius 1 is 0.688 bits per heavy atom. The Morgan fingerprint density at radius 2 is 1.22 bits per heavy atom. The first kappa shape index (κ1) is 24.4. The SMILES string of the molecule is CCCC/C=C/CCc1ccc(C#Cc2ccc(CCC3CCC(CC)CC3)cc2)cc1. The summed E-state index contributed by atoms with van der Waals surface area (Å²) in [4.78, 5) is 0. The van der Waals surface area contributed by atoms with Crippen LogP contribution in [0.3, 0.4) is 0 Å². The molecule has 0 saturated heterocycles. The molecule has 0 heterocycles. The van der Waals surface area contributed by atoms with Crippen LogP contribution in [-0.4, -0.2) is 0 Å². The van der Waals surface area contributed by atoms with Crippen LogP contribution >= 0.6 is 0 Å². The lowest BCUT2D eigenvalue weighted by Gasteiger charge is -2.27. The lowest BCUT2D eigenvalue weighted by Crippen LogP contribution is -2.14. The summed E-state index contributed by atoms with van der Waals surface area (Å²) < 4.78 is 0. The average molecular weight is 427 g/mol. The smallest absolute Gasteiger partial charge is 0.0249 e. The van der Waals surface area contributed by atoms with Gasteiger partial charge in [0.05, 0.1) is 0 Å². The van der Waals surface area contributed by atoms with Crippen LogP contribution in [0, 0.1) is 23.7 Å². The fourth-order valence-electron chi connectivity index (χ4n) is 4.76. The highest BCUT2D eigenvalue weighted by Gasteiger charge is 2.19. The third kappa shape index (κ3) is 8.70. The van der Waals surface area contributed by atoms with Gasteiger partial charge in [0, 0.05) is 11.1 Å². The molecule has 2 aromatic carbocycles. The van der Waals surface area contributed by atoms with Crippen LogP contribution in [0.4, 0.5) is 0 Å². The lowest BCUT2D eigenvalue weighted by atomic mass is 9.78. The second-order valence-corrected chi connectivity index (χ2v) is 9.63. The third-order valence-electron chi connectivity index (χ3n) is 7.13. The minimum Gasteiger partial charge on any atom is -0.0885 e. The zero-order valence-corrected chi connectivity index (χ0v) is 20.4. The van der Waals surface area contributed by atoms with Gasteiger partial charge in [-0.25, -0.2) is 0 Å². The van der Waals surface area contributed by atoms with E-state index >= 15 is 0 Å². The fourth-order valence-corrected chi connectivity index (χ4v) is 4.76. The van der Waals surface area contributed by atoms with Crippen molar-refractivity contribution >= 4 is 0 Å². The Labute approximate surface area is 197 Å². The summed E-state index contributed by atoms with van der Waals surface area (Å²) in [6.45, 7) is 4.59. The first-order chi connectivity index (χ1) is 15.8. The van der Waals surface area contributed by atoms with Gasteiger partial charge in [-0.1, -0.05) is 107 Å². The molecule has 0 spiro atoms. The van der Waals surface area contributed by atoms with Crippen molar-refractivity contribution in [2.45, 2.75) is 90.9 Å². The highest BCUT2D eigenvalue weighted by Crippen LogP contribution is 2.33. The number of aryl methyl sites for hydroxylation is 2. The topological polar surface area (TPSA) is 0 Å². The van der Waals surface area contributed by atoms with E-state index in [-0.39, 0.29) is 0 Å². The van der Waals surface area contributed by atoms with E-state index in [1.807, 2.05) is 0 Å². The molecule has 0 N–H and O–H groups in total. The molecule has 0 amide bonds. The second kappa shape index (κ2) is 14.0. The molecule has 0 heteroatoms. The number of unbranched alkanes of at least 4 members (excludes halogenated alkanes) is 2. The van der Waals surface area contributed by atoms with Gasteiger partial charge in [0.15, 0.2) is 0 Å². The number of hydrogen-bond acceptors (Lipinski definition) is 0. The molecular formula is C32H42. The van der Waals surface area contributed by atoms with E-state index in [1.54, 1.807) is 0 Å². The zero-order valence-electron chi connectivity index (χ0n) is 20.4. The summed E-state index contributed by atoms with van der Waals surface area (Å²) >= 11 is 0. The summed E-state index contributed by atoms with van der Waals surface area (Å²) in [7, 11) is 0. The van der Waals surface area contributed by atoms with E-state index in [4.69, 9.17) is 0 Å². The van der Waals surface area contributed by atoms with Crippen molar-refractivity contribution in [1.82, 2.24) is 0 Å². The molecule has 0 aliphatic heterocycles. The van der Waals surface area contributed by atoms with Gasteiger partial charge < -0.3 is 0 Å². The molecule has 2 aromatic rings. The Bertz CT molecular complexity index is 849. The maximum absolute atomic E-state index is 3.34. The molecule has 0 radical (unpaired) electrons. The van der Waals surface area contributed by atoms with E-state index in [0.29, 0.717) is 0 Å². The molecule has 1 fully saturated rings. The molecular weight excluding hydrogens is 384 g/mol. The summed E-state index contributed by atoms with van der Waals surface area (Å²) in [5, 5.41) is 0. The van der Waals surface area contributed by atoms with Crippen LogP contribution < -0.4 is 0 Å². The third-order valence-corrected chi connectivity index (χ3v) is 7.13. The van der Waals surface area contributed by atoms with Gasteiger partial charge in [-0.15, -0.1) is 0 Å². The molecule has 1 aliphatic carbocycles. The largest absolute Gasteiger partial charge is 0.0885 e. The minimum absolute atomic E-state index is 0.942. The van der Waals surface area contributed by atoms with Crippen LogP contribution in [0.5, 0.6) is 0 Å². The first-order valence-corrected chi connectivity index (χ1v) is 13.1. The molecule has 3 rings (SSSR count). The predicted octanol–water partition coefficient (Wildman–Crippen LogP) is 8.91. The van der Waals surface area contributed by atoms with Crippen molar-refractivity contribution in [3.05, 3.63) is 82.9 Å². The van der Waals surface area contributed by atoms with Crippen LogP contribution in [0.15, 0.2) is 60.7 Å². The van der Waals surface area contributed by atoms with Crippen molar-refractivity contribution in [3.8, 4) is 11.8 Å². The van der Waals surface area contributed by atoms with Gasteiger partial charge in [-0.2, -0.15) is 0 Å².